The van der Waals surface area contributed by atoms with Gasteiger partial charge >= 0.3 is 5.97 Å². The lowest BCUT2D eigenvalue weighted by atomic mass is 9.96. The van der Waals surface area contributed by atoms with Crippen LogP contribution >= 0.6 is 0 Å². The minimum Gasteiger partial charge on any atom is -0.468 e. The minimum absolute atomic E-state index is 0.252. The largest absolute Gasteiger partial charge is 0.468 e. The molecule has 16 heavy (non-hydrogen) atoms. The van der Waals surface area contributed by atoms with Gasteiger partial charge in [-0.3, -0.25) is 9.78 Å². The average molecular weight is 219 g/mol. The first kappa shape index (κ1) is 12.4. The van der Waals surface area contributed by atoms with E-state index in [-0.39, 0.29) is 11.9 Å². The van der Waals surface area contributed by atoms with E-state index in [1.807, 2.05) is 39.0 Å². The number of hydrogen-bond acceptors (Lipinski definition) is 3. The van der Waals surface area contributed by atoms with Crippen molar-refractivity contribution in [1.82, 2.24) is 4.98 Å². The lowest BCUT2D eigenvalue weighted by molar-refractivity contribution is -0.141. The zero-order valence-electron chi connectivity index (χ0n) is 10.2. The maximum absolute atomic E-state index is 11.7. The monoisotopic (exact) mass is 219 g/mol. The molecule has 1 aromatic heterocycles. The van der Waals surface area contributed by atoms with Crippen LogP contribution in [0.5, 0.6) is 0 Å². The van der Waals surface area contributed by atoms with Crippen molar-refractivity contribution in [1.29, 1.82) is 0 Å². The van der Waals surface area contributed by atoms with Crippen LogP contribution in [-0.4, -0.2) is 18.1 Å². The van der Waals surface area contributed by atoms with Crippen molar-refractivity contribution in [2.75, 3.05) is 7.11 Å². The predicted octanol–water partition coefficient (Wildman–Crippen LogP) is 2.61. The van der Waals surface area contributed by atoms with E-state index in [4.69, 9.17) is 4.74 Å². The summed E-state index contributed by atoms with van der Waals surface area (Å²) in [7, 11) is 1.40. The molecule has 0 aliphatic carbocycles. The summed E-state index contributed by atoms with van der Waals surface area (Å²) < 4.78 is 4.81. The zero-order valence-corrected chi connectivity index (χ0v) is 10.2. The van der Waals surface area contributed by atoms with E-state index < -0.39 is 0 Å². The van der Waals surface area contributed by atoms with E-state index in [2.05, 4.69) is 4.98 Å². The molecule has 0 fully saturated rings. The van der Waals surface area contributed by atoms with Crippen LogP contribution < -0.4 is 0 Å². The first-order valence-corrected chi connectivity index (χ1v) is 5.20. The van der Waals surface area contributed by atoms with E-state index in [9.17, 15) is 4.79 Å². The van der Waals surface area contributed by atoms with Crippen LogP contribution in [0.2, 0.25) is 0 Å². The van der Waals surface area contributed by atoms with Crippen LogP contribution in [0.25, 0.3) is 0 Å². The lowest BCUT2D eigenvalue weighted by Gasteiger charge is -2.13. The second-order valence-corrected chi connectivity index (χ2v) is 3.92. The van der Waals surface area contributed by atoms with E-state index in [1.54, 1.807) is 6.20 Å². The summed E-state index contributed by atoms with van der Waals surface area (Å²) in [5.74, 6) is -0.610. The molecule has 0 aromatic carbocycles. The van der Waals surface area contributed by atoms with Crippen molar-refractivity contribution in [3.63, 3.8) is 0 Å². The summed E-state index contributed by atoms with van der Waals surface area (Å²) in [6, 6.07) is 3.74. The Balaban J connectivity index is 3.16. The topological polar surface area (TPSA) is 39.2 Å². The Morgan fingerprint density at radius 2 is 2.19 bits per heavy atom. The van der Waals surface area contributed by atoms with Gasteiger partial charge in [-0.15, -0.1) is 0 Å². The predicted molar refractivity (Wildman–Crippen MR) is 63.2 cm³/mol. The Hall–Kier alpha value is -1.64. The number of nitrogens with zero attached hydrogens (tertiary/aromatic N) is 1. The highest BCUT2D eigenvalue weighted by molar-refractivity contribution is 5.80. The molecular formula is C13H17NO2. The van der Waals surface area contributed by atoms with Gasteiger partial charge in [0.25, 0.3) is 0 Å². The highest BCUT2D eigenvalue weighted by atomic mass is 16.5. The van der Waals surface area contributed by atoms with Gasteiger partial charge in [0.2, 0.25) is 0 Å². The molecule has 3 heteroatoms. The van der Waals surface area contributed by atoms with E-state index in [0.717, 1.165) is 16.8 Å². The van der Waals surface area contributed by atoms with Crippen molar-refractivity contribution >= 4 is 5.97 Å². The smallest absolute Gasteiger partial charge is 0.317 e. The highest BCUT2D eigenvalue weighted by Gasteiger charge is 2.20. The van der Waals surface area contributed by atoms with Gasteiger partial charge < -0.3 is 4.74 Å². The Bertz CT molecular complexity index is 406. The highest BCUT2D eigenvalue weighted by Crippen LogP contribution is 2.22. The van der Waals surface area contributed by atoms with Gasteiger partial charge in [0.15, 0.2) is 0 Å². The normalized spacial score (nSPS) is 11.8. The third-order valence-electron chi connectivity index (χ3n) is 2.34. The molecule has 0 amide bonds. The third kappa shape index (κ3) is 2.92. The second-order valence-electron chi connectivity index (χ2n) is 3.92. The van der Waals surface area contributed by atoms with Gasteiger partial charge in [-0.1, -0.05) is 17.7 Å². The molecule has 3 nitrogen and oxygen atoms in total. The number of carbonyl (C=O) groups is 1. The van der Waals surface area contributed by atoms with Crippen molar-refractivity contribution < 1.29 is 9.53 Å². The molecule has 0 saturated carbocycles. The number of rotatable bonds is 3. The van der Waals surface area contributed by atoms with Gasteiger partial charge in [0.1, 0.15) is 5.92 Å². The van der Waals surface area contributed by atoms with Crippen LogP contribution in [0.1, 0.15) is 31.0 Å². The number of carbonyl (C=O) groups excluding carboxylic acids is 1. The van der Waals surface area contributed by atoms with Gasteiger partial charge in [-0.2, -0.15) is 0 Å². The Morgan fingerprint density at radius 3 is 2.69 bits per heavy atom. The van der Waals surface area contributed by atoms with E-state index >= 15 is 0 Å². The van der Waals surface area contributed by atoms with Crippen LogP contribution in [0.4, 0.5) is 0 Å². The van der Waals surface area contributed by atoms with Crippen molar-refractivity contribution in [3.8, 4) is 0 Å². The quantitative estimate of drug-likeness (QED) is 0.579. The number of allylic oxidation sites excluding steroid dienone is 1. The fourth-order valence-corrected chi connectivity index (χ4v) is 1.57. The molecule has 0 aliphatic rings. The number of ether oxygens (including phenoxy) is 1. The van der Waals surface area contributed by atoms with Crippen LogP contribution in [0, 0.1) is 6.92 Å². The van der Waals surface area contributed by atoms with Crippen LogP contribution in [0.3, 0.4) is 0 Å². The van der Waals surface area contributed by atoms with Gasteiger partial charge in [0, 0.05) is 11.9 Å². The zero-order chi connectivity index (χ0) is 12.1. The molecule has 0 spiro atoms. The number of hydrogen-bond donors (Lipinski definition) is 0. The minimum atomic E-state index is -0.358. The molecule has 0 N–H and O–H groups in total. The fraction of sp³-hybridized carbons (Fsp3) is 0.385. The summed E-state index contributed by atoms with van der Waals surface area (Å²) in [4.78, 5) is 15.9. The molecule has 1 aromatic rings. The van der Waals surface area contributed by atoms with Crippen LogP contribution in [-0.2, 0) is 9.53 Å². The van der Waals surface area contributed by atoms with E-state index in [0.29, 0.717) is 0 Å². The molecule has 86 valence electrons. The first-order chi connectivity index (χ1) is 7.56. The Morgan fingerprint density at radius 1 is 1.50 bits per heavy atom. The lowest BCUT2D eigenvalue weighted by Crippen LogP contribution is -2.14. The second kappa shape index (κ2) is 5.45. The molecule has 1 rings (SSSR count). The molecule has 0 radical (unpaired) electrons. The molecule has 0 aliphatic heterocycles. The maximum Gasteiger partial charge on any atom is 0.317 e. The average Bonchev–Trinajstić information content (AvgIpc) is 2.26. The summed E-state index contributed by atoms with van der Waals surface area (Å²) in [6.07, 6.45) is 3.62. The van der Waals surface area contributed by atoms with Crippen molar-refractivity contribution in [2.24, 2.45) is 0 Å². The van der Waals surface area contributed by atoms with Crippen molar-refractivity contribution in [3.05, 3.63) is 41.2 Å². The van der Waals surface area contributed by atoms with Gasteiger partial charge in [-0.05, 0) is 32.4 Å². The van der Waals surface area contributed by atoms with Gasteiger partial charge in [-0.25, -0.2) is 0 Å². The number of pyridine rings is 1. The summed E-state index contributed by atoms with van der Waals surface area (Å²) >= 11 is 0. The first-order valence-electron chi connectivity index (χ1n) is 5.20. The molecule has 0 bridgehead atoms. The standard InChI is InChI=1S/C13H17NO2/c1-9(2)8-12(13(15)16-4)11-6-5-7-14-10(11)3/h5-8,12H,1-4H3. The number of esters is 1. The summed E-state index contributed by atoms with van der Waals surface area (Å²) in [5, 5.41) is 0. The fourth-order valence-electron chi connectivity index (χ4n) is 1.57. The summed E-state index contributed by atoms with van der Waals surface area (Å²) in [5.41, 5.74) is 2.84. The SMILES string of the molecule is COC(=O)C(C=C(C)C)c1cccnc1C. The molecule has 0 saturated heterocycles. The Kier molecular flexibility index (Phi) is 4.23. The Labute approximate surface area is 96.2 Å². The summed E-state index contributed by atoms with van der Waals surface area (Å²) in [6.45, 7) is 5.81. The van der Waals surface area contributed by atoms with E-state index in [1.165, 1.54) is 7.11 Å². The number of aryl methyl sites for hydroxylation is 1. The third-order valence-corrected chi connectivity index (χ3v) is 2.34. The molecule has 1 heterocycles. The van der Waals surface area contributed by atoms with Gasteiger partial charge in [0.05, 0.1) is 7.11 Å². The molecule has 1 atom stereocenters. The van der Waals surface area contributed by atoms with Crippen LogP contribution in [0.15, 0.2) is 30.0 Å². The number of aromatic nitrogens is 1. The van der Waals surface area contributed by atoms with Crippen molar-refractivity contribution in [2.45, 2.75) is 26.7 Å². The molecular weight excluding hydrogens is 202 g/mol. The number of methoxy groups -OCH3 is 1. The maximum atomic E-state index is 11.7. The molecule has 1 unspecified atom stereocenters.